The SMILES string of the molecule is NC(=S)N(C(=O)c1cccnc1)c1ccc(Cl)cc1. The summed E-state index contributed by atoms with van der Waals surface area (Å²) in [7, 11) is 0. The highest BCUT2D eigenvalue weighted by molar-refractivity contribution is 7.80. The van der Waals surface area contributed by atoms with Gasteiger partial charge in [0.1, 0.15) is 0 Å². The number of benzene rings is 1. The van der Waals surface area contributed by atoms with Crippen LogP contribution in [0.15, 0.2) is 48.8 Å². The predicted octanol–water partition coefficient (Wildman–Crippen LogP) is 2.63. The van der Waals surface area contributed by atoms with E-state index >= 15 is 0 Å². The van der Waals surface area contributed by atoms with Crippen LogP contribution in [0.4, 0.5) is 5.69 Å². The molecule has 1 heterocycles. The molecule has 0 atom stereocenters. The number of carbonyl (C=O) groups is 1. The number of hydrogen-bond donors (Lipinski definition) is 1. The molecule has 4 nitrogen and oxygen atoms in total. The van der Waals surface area contributed by atoms with Crippen LogP contribution in [0, 0.1) is 0 Å². The van der Waals surface area contributed by atoms with Crippen molar-refractivity contribution in [1.29, 1.82) is 0 Å². The Labute approximate surface area is 120 Å². The Bertz CT molecular complexity index is 601. The summed E-state index contributed by atoms with van der Waals surface area (Å²) in [4.78, 5) is 17.5. The summed E-state index contributed by atoms with van der Waals surface area (Å²) < 4.78 is 0. The fraction of sp³-hybridized carbons (Fsp3) is 0. The van der Waals surface area contributed by atoms with E-state index < -0.39 is 0 Å². The lowest BCUT2D eigenvalue weighted by atomic mass is 10.2. The van der Waals surface area contributed by atoms with Crippen LogP contribution >= 0.6 is 23.8 Å². The Balaban J connectivity index is 2.39. The monoisotopic (exact) mass is 291 g/mol. The summed E-state index contributed by atoms with van der Waals surface area (Å²) in [6.45, 7) is 0. The lowest BCUT2D eigenvalue weighted by Crippen LogP contribution is -2.40. The number of thiocarbonyl (C=S) groups is 1. The molecule has 0 saturated heterocycles. The van der Waals surface area contributed by atoms with Crippen molar-refractivity contribution < 1.29 is 4.79 Å². The van der Waals surface area contributed by atoms with Crippen LogP contribution in [-0.4, -0.2) is 16.0 Å². The molecule has 2 N–H and O–H groups in total. The molecular weight excluding hydrogens is 282 g/mol. The second-order valence-corrected chi connectivity index (χ2v) is 4.55. The second kappa shape index (κ2) is 5.77. The summed E-state index contributed by atoms with van der Waals surface area (Å²) in [5, 5.41) is 0.539. The highest BCUT2D eigenvalue weighted by atomic mass is 35.5. The average molecular weight is 292 g/mol. The molecule has 0 bridgehead atoms. The summed E-state index contributed by atoms with van der Waals surface area (Å²) >= 11 is 10.8. The van der Waals surface area contributed by atoms with Gasteiger partial charge in [-0.05, 0) is 48.6 Å². The van der Waals surface area contributed by atoms with Gasteiger partial charge in [-0.15, -0.1) is 0 Å². The number of pyridine rings is 1. The third kappa shape index (κ3) is 3.07. The zero-order chi connectivity index (χ0) is 13.8. The van der Waals surface area contributed by atoms with Crippen LogP contribution in [0.25, 0.3) is 0 Å². The third-order valence-corrected chi connectivity index (χ3v) is 2.85. The van der Waals surface area contributed by atoms with E-state index in [1.807, 2.05) is 0 Å². The van der Waals surface area contributed by atoms with E-state index in [2.05, 4.69) is 4.98 Å². The summed E-state index contributed by atoms with van der Waals surface area (Å²) in [6, 6.07) is 10.0. The molecule has 96 valence electrons. The molecule has 6 heteroatoms. The minimum Gasteiger partial charge on any atom is -0.376 e. The molecule has 0 aliphatic rings. The van der Waals surface area contributed by atoms with Crippen molar-refractivity contribution in [3.63, 3.8) is 0 Å². The number of nitrogens with zero attached hydrogens (tertiary/aromatic N) is 2. The van der Waals surface area contributed by atoms with E-state index in [1.54, 1.807) is 42.6 Å². The fourth-order valence-corrected chi connectivity index (χ4v) is 1.87. The number of carbonyl (C=O) groups excluding carboxylic acids is 1. The van der Waals surface area contributed by atoms with Crippen molar-refractivity contribution in [2.24, 2.45) is 5.73 Å². The first-order valence-electron chi connectivity index (χ1n) is 5.39. The van der Waals surface area contributed by atoms with Gasteiger partial charge in [-0.1, -0.05) is 11.6 Å². The molecule has 1 aromatic heterocycles. The van der Waals surface area contributed by atoms with E-state index in [1.165, 1.54) is 11.1 Å². The van der Waals surface area contributed by atoms with Crippen molar-refractivity contribution in [2.75, 3.05) is 4.90 Å². The number of halogens is 1. The first kappa shape index (κ1) is 13.5. The van der Waals surface area contributed by atoms with Gasteiger partial charge in [0.2, 0.25) is 0 Å². The highest BCUT2D eigenvalue weighted by Gasteiger charge is 2.20. The van der Waals surface area contributed by atoms with E-state index in [0.717, 1.165) is 0 Å². The van der Waals surface area contributed by atoms with E-state index in [0.29, 0.717) is 16.3 Å². The quantitative estimate of drug-likeness (QED) is 0.864. The molecule has 0 aliphatic carbocycles. The van der Waals surface area contributed by atoms with Gasteiger partial charge in [0.25, 0.3) is 5.91 Å². The standard InChI is InChI=1S/C13H10ClN3OS/c14-10-3-5-11(6-4-10)17(13(15)19)12(18)9-2-1-7-16-8-9/h1-8H,(H2,15,19). The first-order chi connectivity index (χ1) is 9.09. The number of amides is 1. The third-order valence-electron chi connectivity index (χ3n) is 2.42. The summed E-state index contributed by atoms with van der Waals surface area (Å²) in [6.07, 6.45) is 3.05. The van der Waals surface area contributed by atoms with Crippen LogP contribution < -0.4 is 10.6 Å². The predicted molar refractivity (Wildman–Crippen MR) is 79.3 cm³/mol. The minimum absolute atomic E-state index is 0.0313. The normalized spacial score (nSPS) is 9.95. The van der Waals surface area contributed by atoms with E-state index in [9.17, 15) is 4.79 Å². The molecule has 0 saturated carbocycles. The zero-order valence-corrected chi connectivity index (χ0v) is 11.4. The average Bonchev–Trinajstić information content (AvgIpc) is 2.42. The molecule has 2 rings (SSSR count). The van der Waals surface area contributed by atoms with Gasteiger partial charge in [0.15, 0.2) is 5.11 Å². The Kier molecular flexibility index (Phi) is 4.09. The largest absolute Gasteiger partial charge is 0.376 e. The Morgan fingerprint density at radius 2 is 1.95 bits per heavy atom. The fourth-order valence-electron chi connectivity index (χ4n) is 1.55. The maximum atomic E-state index is 12.4. The lowest BCUT2D eigenvalue weighted by molar-refractivity contribution is 0.100. The Morgan fingerprint density at radius 3 is 2.47 bits per heavy atom. The number of hydrogen-bond acceptors (Lipinski definition) is 3. The zero-order valence-electron chi connectivity index (χ0n) is 9.79. The molecule has 1 amide bonds. The molecule has 0 spiro atoms. The van der Waals surface area contributed by atoms with Crippen molar-refractivity contribution in [1.82, 2.24) is 4.98 Å². The van der Waals surface area contributed by atoms with Gasteiger partial charge >= 0.3 is 0 Å². The van der Waals surface area contributed by atoms with Gasteiger partial charge in [0.05, 0.1) is 11.3 Å². The van der Waals surface area contributed by atoms with Gasteiger partial charge in [-0.2, -0.15) is 0 Å². The smallest absolute Gasteiger partial charge is 0.266 e. The maximum Gasteiger partial charge on any atom is 0.266 e. The van der Waals surface area contributed by atoms with Crippen molar-refractivity contribution in [3.05, 3.63) is 59.4 Å². The molecule has 1 aromatic carbocycles. The van der Waals surface area contributed by atoms with Crippen molar-refractivity contribution in [3.8, 4) is 0 Å². The van der Waals surface area contributed by atoms with Gasteiger partial charge in [0, 0.05) is 17.4 Å². The minimum atomic E-state index is -0.331. The highest BCUT2D eigenvalue weighted by Crippen LogP contribution is 2.20. The number of aromatic nitrogens is 1. The van der Waals surface area contributed by atoms with Crippen LogP contribution in [0.3, 0.4) is 0 Å². The van der Waals surface area contributed by atoms with Crippen molar-refractivity contribution >= 4 is 40.5 Å². The topological polar surface area (TPSA) is 59.2 Å². The molecule has 0 fully saturated rings. The molecule has 19 heavy (non-hydrogen) atoms. The molecular formula is C13H10ClN3OS. The van der Waals surface area contributed by atoms with E-state index in [4.69, 9.17) is 29.6 Å². The van der Waals surface area contributed by atoms with Crippen LogP contribution in [0.2, 0.25) is 5.02 Å². The number of rotatable bonds is 2. The molecule has 0 aliphatic heterocycles. The van der Waals surface area contributed by atoms with Gasteiger partial charge in [-0.3, -0.25) is 14.7 Å². The second-order valence-electron chi connectivity index (χ2n) is 3.70. The van der Waals surface area contributed by atoms with Crippen LogP contribution in [-0.2, 0) is 0 Å². The Morgan fingerprint density at radius 1 is 1.26 bits per heavy atom. The number of anilines is 1. The molecule has 0 radical (unpaired) electrons. The molecule has 2 aromatic rings. The maximum absolute atomic E-state index is 12.4. The summed E-state index contributed by atoms with van der Waals surface area (Å²) in [5.41, 5.74) is 6.60. The van der Waals surface area contributed by atoms with Crippen LogP contribution in [0.5, 0.6) is 0 Å². The summed E-state index contributed by atoms with van der Waals surface area (Å²) in [5.74, 6) is -0.331. The van der Waals surface area contributed by atoms with E-state index in [-0.39, 0.29) is 11.0 Å². The number of nitrogens with two attached hydrogens (primary N) is 1. The first-order valence-corrected chi connectivity index (χ1v) is 6.17. The Hall–Kier alpha value is -1.98. The molecule has 0 unspecified atom stereocenters. The van der Waals surface area contributed by atoms with Crippen LogP contribution in [0.1, 0.15) is 10.4 Å². The van der Waals surface area contributed by atoms with Crippen molar-refractivity contribution in [2.45, 2.75) is 0 Å². The lowest BCUT2D eigenvalue weighted by Gasteiger charge is -2.20. The van der Waals surface area contributed by atoms with Gasteiger partial charge < -0.3 is 5.73 Å². The van der Waals surface area contributed by atoms with Gasteiger partial charge in [-0.25, -0.2) is 0 Å².